The Kier molecular flexibility index (Phi) is 4.22. The van der Waals surface area contributed by atoms with Gasteiger partial charge >= 0.3 is 0 Å². The number of hydrogen-bond acceptors (Lipinski definition) is 3. The van der Waals surface area contributed by atoms with Crippen molar-refractivity contribution < 1.29 is 5.11 Å². The van der Waals surface area contributed by atoms with Crippen molar-refractivity contribution in [3.8, 4) is 0 Å². The second-order valence-corrected chi connectivity index (χ2v) is 5.53. The molecule has 0 spiro atoms. The van der Waals surface area contributed by atoms with E-state index >= 15 is 0 Å². The second-order valence-electron chi connectivity index (χ2n) is 5.53. The van der Waals surface area contributed by atoms with Crippen molar-refractivity contribution in [3.63, 3.8) is 0 Å². The van der Waals surface area contributed by atoms with E-state index < -0.39 is 0 Å². The predicted molar refractivity (Wildman–Crippen MR) is 66.5 cm³/mol. The topological polar surface area (TPSA) is 35.5 Å². The minimum atomic E-state index is -0.0235. The van der Waals surface area contributed by atoms with Gasteiger partial charge in [-0.05, 0) is 51.7 Å². The molecule has 16 heavy (non-hydrogen) atoms. The predicted octanol–water partition coefficient (Wildman–Crippen LogP) is 1.22. The molecule has 0 aromatic heterocycles. The molecule has 0 aromatic rings. The molecule has 1 aliphatic carbocycles. The molecule has 1 saturated heterocycles. The van der Waals surface area contributed by atoms with Crippen LogP contribution < -0.4 is 5.32 Å². The summed E-state index contributed by atoms with van der Waals surface area (Å²) < 4.78 is 0. The summed E-state index contributed by atoms with van der Waals surface area (Å²) in [6, 6.07) is 0. The van der Waals surface area contributed by atoms with E-state index in [1.54, 1.807) is 0 Å². The molecule has 94 valence electrons. The van der Waals surface area contributed by atoms with Gasteiger partial charge in [-0.2, -0.15) is 0 Å². The minimum absolute atomic E-state index is 0.0235. The first-order valence-corrected chi connectivity index (χ1v) is 6.83. The van der Waals surface area contributed by atoms with Crippen molar-refractivity contribution in [1.29, 1.82) is 0 Å². The lowest BCUT2D eigenvalue weighted by atomic mass is 9.93. The highest BCUT2D eigenvalue weighted by molar-refractivity contribution is 5.02. The fourth-order valence-electron chi connectivity index (χ4n) is 3.00. The zero-order valence-electron chi connectivity index (χ0n) is 10.5. The Bertz CT molecular complexity index is 204. The Morgan fingerprint density at radius 3 is 2.25 bits per heavy atom. The van der Waals surface area contributed by atoms with Gasteiger partial charge in [0.05, 0.1) is 12.1 Å². The van der Waals surface area contributed by atoms with Crippen LogP contribution in [0.15, 0.2) is 0 Å². The normalized spacial score (nSPS) is 27.4. The summed E-state index contributed by atoms with van der Waals surface area (Å²) in [5.74, 6) is 0.700. The van der Waals surface area contributed by atoms with Gasteiger partial charge in [0, 0.05) is 6.54 Å². The number of aliphatic hydroxyl groups excluding tert-OH is 1. The van der Waals surface area contributed by atoms with Crippen LogP contribution in [-0.4, -0.2) is 48.8 Å². The van der Waals surface area contributed by atoms with Crippen LogP contribution in [0.2, 0.25) is 0 Å². The average Bonchev–Trinajstić information content (AvgIpc) is 3.13. The van der Waals surface area contributed by atoms with E-state index in [9.17, 15) is 5.11 Å². The van der Waals surface area contributed by atoms with Crippen LogP contribution in [-0.2, 0) is 0 Å². The van der Waals surface area contributed by atoms with Crippen LogP contribution in [0.1, 0.15) is 38.5 Å². The average molecular weight is 226 g/mol. The van der Waals surface area contributed by atoms with E-state index in [1.165, 1.54) is 51.6 Å². The largest absolute Gasteiger partial charge is 0.394 e. The van der Waals surface area contributed by atoms with Gasteiger partial charge in [-0.25, -0.2) is 0 Å². The van der Waals surface area contributed by atoms with E-state index in [0.29, 0.717) is 5.92 Å². The number of nitrogens with one attached hydrogen (secondary N) is 1. The molecule has 1 unspecified atom stereocenters. The summed E-state index contributed by atoms with van der Waals surface area (Å²) in [6.07, 6.45) is 7.99. The van der Waals surface area contributed by atoms with Crippen LogP contribution in [0.25, 0.3) is 0 Å². The summed E-state index contributed by atoms with van der Waals surface area (Å²) in [6.45, 7) is 3.75. The lowest BCUT2D eigenvalue weighted by Crippen LogP contribution is -2.56. The molecule has 2 N–H and O–H groups in total. The van der Waals surface area contributed by atoms with E-state index in [4.69, 9.17) is 0 Å². The van der Waals surface area contributed by atoms with Gasteiger partial charge in [0.15, 0.2) is 0 Å². The van der Waals surface area contributed by atoms with Gasteiger partial charge < -0.3 is 15.3 Å². The van der Waals surface area contributed by atoms with E-state index in [1.807, 2.05) is 7.05 Å². The van der Waals surface area contributed by atoms with Gasteiger partial charge in [0.2, 0.25) is 0 Å². The van der Waals surface area contributed by atoms with E-state index in [-0.39, 0.29) is 12.1 Å². The van der Waals surface area contributed by atoms with Crippen LogP contribution in [0.4, 0.5) is 0 Å². The summed E-state index contributed by atoms with van der Waals surface area (Å²) in [5, 5.41) is 13.1. The SMILES string of the molecule is CNC(CO)(CN1CCCCCC1)C1CC1. The maximum Gasteiger partial charge on any atom is 0.0628 e. The third-order valence-electron chi connectivity index (χ3n) is 4.34. The highest BCUT2D eigenvalue weighted by Crippen LogP contribution is 2.40. The first-order chi connectivity index (χ1) is 7.80. The van der Waals surface area contributed by atoms with Crippen LogP contribution in [0, 0.1) is 5.92 Å². The van der Waals surface area contributed by atoms with Crippen molar-refractivity contribution in [2.75, 3.05) is 33.3 Å². The number of aliphatic hydroxyl groups is 1. The number of hydrogen-bond donors (Lipinski definition) is 2. The molecule has 1 saturated carbocycles. The number of nitrogens with zero attached hydrogens (tertiary/aromatic N) is 1. The fourth-order valence-corrected chi connectivity index (χ4v) is 3.00. The molecule has 1 atom stereocenters. The van der Waals surface area contributed by atoms with Crippen molar-refractivity contribution in [1.82, 2.24) is 10.2 Å². The fraction of sp³-hybridized carbons (Fsp3) is 1.00. The van der Waals surface area contributed by atoms with E-state index in [2.05, 4.69) is 10.2 Å². The van der Waals surface area contributed by atoms with Crippen LogP contribution in [0.3, 0.4) is 0 Å². The molecule has 0 amide bonds. The maximum absolute atomic E-state index is 9.70. The van der Waals surface area contributed by atoms with Crippen LogP contribution >= 0.6 is 0 Å². The summed E-state index contributed by atoms with van der Waals surface area (Å²) in [7, 11) is 2.01. The number of rotatable bonds is 5. The zero-order valence-corrected chi connectivity index (χ0v) is 10.5. The lowest BCUT2D eigenvalue weighted by Gasteiger charge is -2.37. The molecule has 1 aliphatic heterocycles. The Balaban J connectivity index is 1.92. The summed E-state index contributed by atoms with van der Waals surface area (Å²) >= 11 is 0. The summed E-state index contributed by atoms with van der Waals surface area (Å²) in [4.78, 5) is 2.55. The van der Waals surface area contributed by atoms with Crippen molar-refractivity contribution in [3.05, 3.63) is 0 Å². The van der Waals surface area contributed by atoms with Crippen molar-refractivity contribution in [2.45, 2.75) is 44.1 Å². The van der Waals surface area contributed by atoms with Crippen LogP contribution in [0.5, 0.6) is 0 Å². The van der Waals surface area contributed by atoms with Gasteiger partial charge in [-0.3, -0.25) is 0 Å². The first kappa shape index (κ1) is 12.3. The molecule has 2 rings (SSSR count). The molecular weight excluding hydrogens is 200 g/mol. The van der Waals surface area contributed by atoms with Gasteiger partial charge in [-0.15, -0.1) is 0 Å². The first-order valence-electron chi connectivity index (χ1n) is 6.83. The molecule has 0 aromatic carbocycles. The maximum atomic E-state index is 9.70. The molecule has 3 heteroatoms. The Morgan fingerprint density at radius 1 is 1.19 bits per heavy atom. The van der Waals surface area contributed by atoms with Gasteiger partial charge in [-0.1, -0.05) is 12.8 Å². The molecule has 0 radical (unpaired) electrons. The third-order valence-corrected chi connectivity index (χ3v) is 4.34. The standard InChI is InChI=1S/C13H26N2O/c1-14-13(11-16,12-6-7-12)10-15-8-4-2-3-5-9-15/h12,14,16H,2-11H2,1H3. The highest BCUT2D eigenvalue weighted by atomic mass is 16.3. The Labute approximate surface area is 99.2 Å². The smallest absolute Gasteiger partial charge is 0.0628 e. The Hall–Kier alpha value is -0.120. The van der Waals surface area contributed by atoms with E-state index in [0.717, 1.165) is 6.54 Å². The molecule has 2 fully saturated rings. The summed E-state index contributed by atoms with van der Waals surface area (Å²) in [5.41, 5.74) is -0.0235. The van der Waals surface area contributed by atoms with Gasteiger partial charge in [0.1, 0.15) is 0 Å². The molecule has 1 heterocycles. The minimum Gasteiger partial charge on any atom is -0.394 e. The quantitative estimate of drug-likeness (QED) is 0.740. The highest BCUT2D eigenvalue weighted by Gasteiger charge is 2.44. The number of likely N-dealkylation sites (N-methyl/N-ethyl adjacent to an activating group) is 1. The van der Waals surface area contributed by atoms with Gasteiger partial charge in [0.25, 0.3) is 0 Å². The lowest BCUT2D eigenvalue weighted by molar-refractivity contribution is 0.0981. The third kappa shape index (κ3) is 2.76. The van der Waals surface area contributed by atoms with Crippen molar-refractivity contribution in [2.24, 2.45) is 5.92 Å². The monoisotopic (exact) mass is 226 g/mol. The number of likely N-dealkylation sites (tertiary alicyclic amines) is 1. The molecule has 3 nitrogen and oxygen atoms in total. The Morgan fingerprint density at radius 2 is 1.81 bits per heavy atom. The van der Waals surface area contributed by atoms with Crippen molar-refractivity contribution >= 4 is 0 Å². The zero-order chi connectivity index (χ0) is 11.4. The molecule has 0 bridgehead atoms. The molecular formula is C13H26N2O. The second kappa shape index (κ2) is 5.48. The molecule has 2 aliphatic rings.